The topological polar surface area (TPSA) is 75.3 Å². The zero-order valence-corrected chi connectivity index (χ0v) is 20.8. The number of hydrazone groups is 1. The molecule has 4 rings (SSSR count). The highest BCUT2D eigenvalue weighted by Gasteiger charge is 2.34. The molecule has 0 unspecified atom stereocenters. The normalized spacial score (nSPS) is 15.3. The summed E-state index contributed by atoms with van der Waals surface area (Å²) in [5, 5.41) is 6.85. The summed E-state index contributed by atoms with van der Waals surface area (Å²) in [6.45, 7) is 4.50. The van der Waals surface area contributed by atoms with Crippen LogP contribution in [0.25, 0.3) is 0 Å². The Hall–Kier alpha value is -3.42. The van der Waals surface area contributed by atoms with Gasteiger partial charge in [-0.15, -0.1) is 0 Å². The molecule has 0 saturated carbocycles. The molecular weight excluding hydrogens is 466 g/mol. The third kappa shape index (κ3) is 5.63. The largest absolute Gasteiger partial charge is 0.459 e. The van der Waals surface area contributed by atoms with Gasteiger partial charge in [-0.05, 0) is 66.4 Å². The highest BCUT2D eigenvalue weighted by atomic mass is 35.5. The van der Waals surface area contributed by atoms with E-state index in [0.717, 1.165) is 22.4 Å². The number of ether oxygens (including phenoxy) is 1. The van der Waals surface area contributed by atoms with Crippen molar-refractivity contribution < 1.29 is 18.7 Å². The number of carbonyl (C=O) groups excluding carboxylic acids is 2. The Morgan fingerprint density at radius 2 is 1.91 bits per heavy atom. The van der Waals surface area contributed by atoms with Gasteiger partial charge in [0.2, 0.25) is 0 Å². The molecule has 0 N–H and O–H groups in total. The lowest BCUT2D eigenvalue weighted by Gasteiger charge is -2.26. The fourth-order valence-electron chi connectivity index (χ4n) is 4.03. The molecule has 7 nitrogen and oxygen atoms in total. The lowest BCUT2D eigenvalue weighted by molar-refractivity contribution is -0.133. The van der Waals surface area contributed by atoms with Crippen molar-refractivity contribution in [3.63, 3.8) is 0 Å². The highest BCUT2D eigenvalue weighted by Crippen LogP contribution is 2.34. The maximum atomic E-state index is 13.6. The van der Waals surface area contributed by atoms with E-state index >= 15 is 0 Å². The molecule has 35 heavy (non-hydrogen) atoms. The van der Waals surface area contributed by atoms with Gasteiger partial charge < -0.3 is 14.1 Å². The number of aryl methyl sites for hydroxylation is 2. The van der Waals surface area contributed by atoms with Gasteiger partial charge in [-0.25, -0.2) is 5.01 Å². The molecule has 1 aliphatic heterocycles. The molecule has 0 aliphatic carbocycles. The minimum absolute atomic E-state index is 0.156. The fourth-order valence-corrected chi connectivity index (χ4v) is 4.15. The van der Waals surface area contributed by atoms with Gasteiger partial charge in [0, 0.05) is 25.1 Å². The van der Waals surface area contributed by atoms with Crippen LogP contribution in [0, 0.1) is 13.8 Å². The third-order valence-electron chi connectivity index (χ3n) is 6.17. The standard InChI is InChI=1S/C27H28ClN3O4/c1-18-6-7-21(15-19(18)2)23-16-24(20-8-10-22(28)11-9-20)31(29-23)26(32)17-30(12-14-34-3)27(33)25-5-4-13-35-25/h4-11,13,15,24H,12,14,16-17H2,1-3H3/t24-/m1/s1. The molecule has 0 bridgehead atoms. The quantitative estimate of drug-likeness (QED) is 0.441. The van der Waals surface area contributed by atoms with Crippen molar-refractivity contribution in [1.29, 1.82) is 0 Å². The molecule has 2 aromatic carbocycles. The first-order valence-electron chi connectivity index (χ1n) is 11.4. The van der Waals surface area contributed by atoms with Crippen molar-refractivity contribution in [2.75, 3.05) is 26.8 Å². The number of methoxy groups -OCH3 is 1. The van der Waals surface area contributed by atoms with Crippen LogP contribution < -0.4 is 0 Å². The van der Waals surface area contributed by atoms with E-state index in [-0.39, 0.29) is 43.3 Å². The van der Waals surface area contributed by atoms with Gasteiger partial charge >= 0.3 is 0 Å². The monoisotopic (exact) mass is 493 g/mol. The van der Waals surface area contributed by atoms with Gasteiger partial charge in [0.05, 0.1) is 24.6 Å². The summed E-state index contributed by atoms with van der Waals surface area (Å²) in [6, 6.07) is 16.5. The first kappa shape index (κ1) is 24.7. The first-order chi connectivity index (χ1) is 16.9. The van der Waals surface area contributed by atoms with Crippen LogP contribution in [0.4, 0.5) is 0 Å². The summed E-state index contributed by atoms with van der Waals surface area (Å²) in [5.74, 6) is -0.496. The van der Waals surface area contributed by atoms with Crippen LogP contribution in [0.5, 0.6) is 0 Å². The Bertz CT molecular complexity index is 1220. The Kier molecular flexibility index (Phi) is 7.68. The van der Waals surface area contributed by atoms with Crippen molar-refractivity contribution in [2.24, 2.45) is 5.10 Å². The number of nitrogens with zero attached hydrogens (tertiary/aromatic N) is 3. The maximum absolute atomic E-state index is 13.6. The van der Waals surface area contributed by atoms with Gasteiger partial charge in [0.15, 0.2) is 5.76 Å². The number of hydrogen-bond donors (Lipinski definition) is 0. The van der Waals surface area contributed by atoms with Crippen LogP contribution in [0.2, 0.25) is 5.02 Å². The maximum Gasteiger partial charge on any atom is 0.290 e. The Labute approximate surface area is 209 Å². The van der Waals surface area contributed by atoms with E-state index in [2.05, 4.69) is 26.0 Å². The minimum Gasteiger partial charge on any atom is -0.459 e. The van der Waals surface area contributed by atoms with Crippen molar-refractivity contribution in [1.82, 2.24) is 9.91 Å². The van der Waals surface area contributed by atoms with Crippen LogP contribution in [0.3, 0.4) is 0 Å². The Morgan fingerprint density at radius 3 is 2.57 bits per heavy atom. The average molecular weight is 494 g/mol. The second-order valence-electron chi connectivity index (χ2n) is 8.55. The second kappa shape index (κ2) is 10.9. The van der Waals surface area contributed by atoms with Gasteiger partial charge in [-0.3, -0.25) is 9.59 Å². The summed E-state index contributed by atoms with van der Waals surface area (Å²) in [4.78, 5) is 28.0. The van der Waals surface area contributed by atoms with E-state index in [4.69, 9.17) is 25.9 Å². The van der Waals surface area contributed by atoms with E-state index in [1.807, 2.05) is 18.2 Å². The summed E-state index contributed by atoms with van der Waals surface area (Å²) >= 11 is 6.10. The molecule has 182 valence electrons. The molecule has 8 heteroatoms. The Balaban J connectivity index is 1.63. The van der Waals surface area contributed by atoms with Crippen molar-refractivity contribution in [2.45, 2.75) is 26.3 Å². The van der Waals surface area contributed by atoms with Crippen molar-refractivity contribution in [3.8, 4) is 0 Å². The highest BCUT2D eigenvalue weighted by molar-refractivity contribution is 6.30. The smallest absolute Gasteiger partial charge is 0.290 e. The van der Waals surface area contributed by atoms with E-state index in [1.165, 1.54) is 21.7 Å². The molecule has 1 atom stereocenters. The summed E-state index contributed by atoms with van der Waals surface area (Å²) in [7, 11) is 1.55. The minimum atomic E-state index is -0.374. The molecule has 0 spiro atoms. The molecule has 2 heterocycles. The summed E-state index contributed by atoms with van der Waals surface area (Å²) in [5.41, 5.74) is 5.08. The SMILES string of the molecule is COCCN(CC(=O)N1N=C(c2ccc(C)c(C)c2)C[C@@H]1c1ccc(Cl)cc1)C(=O)c1ccco1. The predicted molar refractivity (Wildman–Crippen MR) is 135 cm³/mol. The molecule has 0 radical (unpaired) electrons. The Morgan fingerprint density at radius 1 is 1.14 bits per heavy atom. The van der Waals surface area contributed by atoms with Gasteiger partial charge in [0.25, 0.3) is 11.8 Å². The summed E-state index contributed by atoms with van der Waals surface area (Å²) in [6.07, 6.45) is 1.99. The van der Waals surface area contributed by atoms with E-state index in [1.54, 1.807) is 31.4 Å². The second-order valence-corrected chi connectivity index (χ2v) is 8.99. The number of benzene rings is 2. The molecule has 1 aromatic heterocycles. The lowest BCUT2D eigenvalue weighted by atomic mass is 9.96. The lowest BCUT2D eigenvalue weighted by Crippen LogP contribution is -2.42. The molecule has 0 fully saturated rings. The number of carbonyl (C=O) groups is 2. The van der Waals surface area contributed by atoms with Gasteiger partial charge in [-0.2, -0.15) is 5.10 Å². The van der Waals surface area contributed by atoms with Crippen LogP contribution >= 0.6 is 11.6 Å². The predicted octanol–water partition coefficient (Wildman–Crippen LogP) is 5.02. The van der Waals surface area contributed by atoms with Crippen LogP contribution in [-0.2, 0) is 9.53 Å². The van der Waals surface area contributed by atoms with Gasteiger partial charge in [-0.1, -0.05) is 35.9 Å². The molecule has 1 aliphatic rings. The fraction of sp³-hybridized carbons (Fsp3) is 0.296. The number of amides is 2. The van der Waals surface area contributed by atoms with Gasteiger partial charge in [0.1, 0.15) is 6.54 Å². The number of rotatable bonds is 8. The van der Waals surface area contributed by atoms with E-state index < -0.39 is 0 Å². The molecule has 0 saturated heterocycles. The third-order valence-corrected chi connectivity index (χ3v) is 6.42. The number of furan rings is 1. The van der Waals surface area contributed by atoms with Crippen molar-refractivity contribution >= 4 is 29.1 Å². The molecule has 3 aromatic rings. The van der Waals surface area contributed by atoms with Crippen LogP contribution in [0.15, 0.2) is 70.4 Å². The zero-order chi connectivity index (χ0) is 24.9. The molecular formula is C27H28ClN3O4. The summed E-state index contributed by atoms with van der Waals surface area (Å²) < 4.78 is 10.4. The first-order valence-corrected chi connectivity index (χ1v) is 11.8. The van der Waals surface area contributed by atoms with Crippen LogP contribution in [-0.4, -0.2) is 54.2 Å². The number of hydrogen-bond acceptors (Lipinski definition) is 5. The number of halogens is 1. The van der Waals surface area contributed by atoms with Crippen LogP contribution in [0.1, 0.15) is 45.3 Å². The average Bonchev–Trinajstić information content (AvgIpc) is 3.54. The molecule has 2 amide bonds. The van der Waals surface area contributed by atoms with Crippen molar-refractivity contribution in [3.05, 3.63) is 93.9 Å². The van der Waals surface area contributed by atoms with E-state index in [0.29, 0.717) is 11.4 Å². The van der Waals surface area contributed by atoms with E-state index in [9.17, 15) is 9.59 Å². The zero-order valence-electron chi connectivity index (χ0n) is 20.0.